The zero-order chi connectivity index (χ0) is 26.9. The van der Waals surface area contributed by atoms with E-state index in [1.165, 1.54) is 11.3 Å². The van der Waals surface area contributed by atoms with Gasteiger partial charge in [-0.1, -0.05) is 60.1 Å². The van der Waals surface area contributed by atoms with Gasteiger partial charge in [-0.3, -0.25) is 14.4 Å². The molecule has 192 valence electrons. The summed E-state index contributed by atoms with van der Waals surface area (Å²) in [4.78, 5) is 46.1. The van der Waals surface area contributed by atoms with Gasteiger partial charge in [-0.2, -0.15) is 0 Å². The van der Waals surface area contributed by atoms with Gasteiger partial charge < -0.3 is 10.2 Å². The quantitative estimate of drug-likeness (QED) is 0.289. The number of hydrogen-bond donors (Lipinski definition) is 1. The number of fused-ring (bicyclic) bond motifs is 6. The van der Waals surface area contributed by atoms with Crippen molar-refractivity contribution in [1.29, 1.82) is 0 Å². The number of anilines is 2. The number of allylic oxidation sites excluding steroid dienone is 1. The minimum atomic E-state index is -1.32. The summed E-state index contributed by atoms with van der Waals surface area (Å²) in [7, 11) is 0. The van der Waals surface area contributed by atoms with Gasteiger partial charge in [0.2, 0.25) is 5.91 Å². The minimum absolute atomic E-state index is 0.167. The molecular formula is C32H23ClN2O3S. The minimum Gasteiger partial charge on any atom is -0.352 e. The highest BCUT2D eigenvalue weighted by Crippen LogP contribution is 2.58. The Kier molecular flexibility index (Phi) is 5.41. The summed E-state index contributed by atoms with van der Waals surface area (Å²) in [6.45, 7) is 2.02. The third-order valence-corrected chi connectivity index (χ3v) is 9.46. The molecule has 1 spiro atoms. The molecule has 7 rings (SSSR count). The van der Waals surface area contributed by atoms with Crippen molar-refractivity contribution >= 4 is 57.4 Å². The van der Waals surface area contributed by atoms with Crippen molar-refractivity contribution in [1.82, 2.24) is 0 Å². The molecule has 3 aromatic carbocycles. The van der Waals surface area contributed by atoms with Crippen molar-refractivity contribution < 1.29 is 14.4 Å². The molecule has 4 atom stereocenters. The molecule has 0 radical (unpaired) electrons. The van der Waals surface area contributed by atoms with E-state index in [1.807, 2.05) is 71.8 Å². The fraction of sp³-hybridized carbons (Fsp3) is 0.156. The van der Waals surface area contributed by atoms with Crippen LogP contribution in [-0.2, 0) is 10.2 Å². The molecule has 39 heavy (non-hydrogen) atoms. The maximum Gasteiger partial charge on any atom is 0.238 e. The van der Waals surface area contributed by atoms with Crippen LogP contribution in [0.2, 0.25) is 5.02 Å². The average Bonchev–Trinajstić information content (AvgIpc) is 3.66. The molecule has 1 fully saturated rings. The highest BCUT2D eigenvalue weighted by atomic mass is 35.5. The molecule has 1 amide bonds. The van der Waals surface area contributed by atoms with Gasteiger partial charge in [0.25, 0.3) is 0 Å². The van der Waals surface area contributed by atoms with E-state index in [-0.39, 0.29) is 17.5 Å². The van der Waals surface area contributed by atoms with E-state index >= 15 is 0 Å². The number of ketones is 2. The summed E-state index contributed by atoms with van der Waals surface area (Å²) < 4.78 is 0. The van der Waals surface area contributed by atoms with Crippen LogP contribution < -0.4 is 10.2 Å². The Morgan fingerprint density at radius 2 is 1.67 bits per heavy atom. The molecule has 4 aromatic rings. The maximum absolute atomic E-state index is 14.7. The number of thiophene rings is 1. The first-order valence-electron chi connectivity index (χ1n) is 12.8. The Labute approximate surface area is 234 Å². The molecule has 5 nitrogen and oxygen atoms in total. The molecule has 4 unspecified atom stereocenters. The van der Waals surface area contributed by atoms with E-state index in [1.54, 1.807) is 30.3 Å². The zero-order valence-corrected chi connectivity index (χ0v) is 22.5. The Morgan fingerprint density at radius 3 is 2.44 bits per heavy atom. The number of hydrogen-bond acceptors (Lipinski definition) is 5. The van der Waals surface area contributed by atoms with E-state index < -0.39 is 23.4 Å². The van der Waals surface area contributed by atoms with Crippen LogP contribution in [0.1, 0.15) is 38.1 Å². The van der Waals surface area contributed by atoms with Gasteiger partial charge in [-0.25, -0.2) is 0 Å². The fourth-order valence-electron chi connectivity index (χ4n) is 6.75. The van der Waals surface area contributed by atoms with Crippen LogP contribution >= 0.6 is 22.9 Å². The Hall–Kier alpha value is -4.00. The number of benzene rings is 3. The lowest BCUT2D eigenvalue weighted by Crippen LogP contribution is -2.51. The molecule has 1 aromatic heterocycles. The zero-order valence-electron chi connectivity index (χ0n) is 20.9. The smallest absolute Gasteiger partial charge is 0.238 e. The van der Waals surface area contributed by atoms with Crippen LogP contribution in [0.3, 0.4) is 0 Å². The first kappa shape index (κ1) is 24.1. The third-order valence-electron chi connectivity index (χ3n) is 8.33. The molecule has 3 aliphatic rings. The lowest BCUT2D eigenvalue weighted by Gasteiger charge is -2.39. The van der Waals surface area contributed by atoms with E-state index in [2.05, 4.69) is 11.4 Å². The number of halogens is 1. The lowest BCUT2D eigenvalue weighted by molar-refractivity contribution is -0.121. The molecule has 3 aliphatic heterocycles. The van der Waals surface area contributed by atoms with Crippen molar-refractivity contribution in [2.45, 2.75) is 24.4 Å². The molecule has 1 N–H and O–H groups in total. The van der Waals surface area contributed by atoms with Gasteiger partial charge in [0.15, 0.2) is 11.6 Å². The predicted molar refractivity (Wildman–Crippen MR) is 155 cm³/mol. The largest absolute Gasteiger partial charge is 0.352 e. The number of amides is 1. The van der Waals surface area contributed by atoms with Crippen LogP contribution in [0, 0.1) is 5.92 Å². The fourth-order valence-corrected chi connectivity index (χ4v) is 7.57. The van der Waals surface area contributed by atoms with Gasteiger partial charge in [-0.15, -0.1) is 11.3 Å². The average molecular weight is 551 g/mol. The summed E-state index contributed by atoms with van der Waals surface area (Å²) in [5, 5.41) is 5.43. The third kappa shape index (κ3) is 3.28. The van der Waals surface area contributed by atoms with E-state index in [4.69, 9.17) is 11.6 Å². The molecule has 0 bridgehead atoms. The van der Waals surface area contributed by atoms with Gasteiger partial charge >= 0.3 is 0 Å². The van der Waals surface area contributed by atoms with Gasteiger partial charge in [0, 0.05) is 27.5 Å². The normalized spacial score (nSPS) is 24.6. The van der Waals surface area contributed by atoms with Crippen LogP contribution in [-0.4, -0.2) is 29.6 Å². The van der Waals surface area contributed by atoms with Gasteiger partial charge in [0.05, 0.1) is 16.8 Å². The summed E-state index contributed by atoms with van der Waals surface area (Å²) >= 11 is 7.51. The van der Waals surface area contributed by atoms with Crippen LogP contribution in [0.15, 0.2) is 96.4 Å². The van der Waals surface area contributed by atoms with Crippen molar-refractivity contribution in [3.8, 4) is 0 Å². The van der Waals surface area contributed by atoms with Crippen molar-refractivity contribution in [2.75, 3.05) is 10.2 Å². The summed E-state index contributed by atoms with van der Waals surface area (Å²) in [6.07, 6.45) is 2.06. The number of para-hydroxylation sites is 2. The topological polar surface area (TPSA) is 66.5 Å². The number of nitrogens with one attached hydrogen (secondary N) is 1. The first-order valence-corrected chi connectivity index (χ1v) is 14.0. The second kappa shape index (κ2) is 8.76. The monoisotopic (exact) mass is 550 g/mol. The summed E-state index contributed by atoms with van der Waals surface area (Å²) in [5.74, 6) is -1.68. The number of carbonyl (C=O) groups is 3. The molecular weight excluding hydrogens is 528 g/mol. The molecule has 7 heteroatoms. The van der Waals surface area contributed by atoms with Crippen molar-refractivity contribution in [3.63, 3.8) is 0 Å². The molecule has 0 saturated carbocycles. The van der Waals surface area contributed by atoms with Gasteiger partial charge in [0.1, 0.15) is 11.5 Å². The van der Waals surface area contributed by atoms with Crippen molar-refractivity contribution in [3.05, 3.63) is 123 Å². The Balaban J connectivity index is 1.56. The standard InChI is InChI=1S/C32H23ClN2O3S/c1-18-17-26-32(22-8-3-4-9-23(22)34-31(32)38)27(29(36)19-12-14-20(33)15-13-19)28(30(37)25-11-6-16-39-25)35(26)24-10-5-2-7-21(18)24/h2-17,26-28H,1H3,(H,34,38). The van der Waals surface area contributed by atoms with Gasteiger partial charge in [-0.05, 0) is 65.9 Å². The van der Waals surface area contributed by atoms with E-state index in [0.717, 1.165) is 22.4 Å². The first-order chi connectivity index (χ1) is 18.9. The Morgan fingerprint density at radius 1 is 0.923 bits per heavy atom. The highest BCUT2D eigenvalue weighted by Gasteiger charge is 2.70. The second-order valence-corrected chi connectivity index (χ2v) is 11.6. The molecule has 4 heterocycles. The number of carbonyl (C=O) groups excluding carboxylic acids is 3. The van der Waals surface area contributed by atoms with Crippen LogP contribution in [0.4, 0.5) is 11.4 Å². The SMILES string of the molecule is CC1=CC2N(c3ccccc31)C(C(=O)c1cccs1)C(C(=O)c1ccc(Cl)cc1)C21C(=O)Nc2ccccc21. The number of Topliss-reactive ketones (excluding diaryl/α,β-unsaturated/α-hetero) is 2. The number of rotatable bonds is 4. The predicted octanol–water partition coefficient (Wildman–Crippen LogP) is 6.65. The Bertz CT molecular complexity index is 1690. The maximum atomic E-state index is 14.7. The lowest BCUT2D eigenvalue weighted by atomic mass is 9.64. The van der Waals surface area contributed by atoms with E-state index in [0.29, 0.717) is 21.2 Å². The van der Waals surface area contributed by atoms with Crippen LogP contribution in [0.5, 0.6) is 0 Å². The summed E-state index contributed by atoms with van der Waals surface area (Å²) in [5.41, 5.74) is 3.34. The van der Waals surface area contributed by atoms with E-state index in [9.17, 15) is 14.4 Å². The van der Waals surface area contributed by atoms with Crippen LogP contribution in [0.25, 0.3) is 5.57 Å². The number of nitrogens with zero attached hydrogens (tertiary/aromatic N) is 1. The molecule has 0 aliphatic carbocycles. The summed E-state index contributed by atoms with van der Waals surface area (Å²) in [6, 6.07) is 24.3. The van der Waals surface area contributed by atoms with Crippen molar-refractivity contribution in [2.24, 2.45) is 5.92 Å². The second-order valence-electron chi connectivity index (χ2n) is 10.2. The highest BCUT2D eigenvalue weighted by molar-refractivity contribution is 7.12. The molecule has 1 saturated heterocycles.